The Kier molecular flexibility index (Phi) is 10.3. The van der Waals surface area contributed by atoms with Crippen molar-refractivity contribution in [3.8, 4) is 61.3 Å². The fourth-order valence-electron chi connectivity index (χ4n) is 11.8. The Morgan fingerprint density at radius 3 is 1.25 bits per heavy atom. The molecular formula is C72H44N4O2S. The number of aromatic nitrogens is 3. The lowest BCUT2D eigenvalue weighted by Crippen LogP contribution is -2.10. The monoisotopic (exact) mass is 1030 g/mol. The van der Waals surface area contributed by atoms with Gasteiger partial charge in [0.15, 0.2) is 0 Å². The van der Waals surface area contributed by atoms with Crippen LogP contribution in [-0.4, -0.2) is 13.3 Å². The zero-order chi connectivity index (χ0) is 52.0. The lowest BCUT2D eigenvalue weighted by Gasteiger charge is -2.26. The molecule has 0 bridgehead atoms. The molecule has 0 aliphatic heterocycles. The van der Waals surface area contributed by atoms with Gasteiger partial charge in [-0.15, -0.1) is 0 Å². The molecule has 0 N–H and O–H groups in total. The van der Waals surface area contributed by atoms with Crippen LogP contribution in [0.3, 0.4) is 0 Å². The van der Waals surface area contributed by atoms with Crippen molar-refractivity contribution in [2.45, 2.75) is 0 Å². The SMILES string of the molecule is c1ccc(-c2ccc(N(c3ccc(-c4ccccc4)cc3)c3ccc(-c4ccc(-n5c6ccc(-c7ccc8c(c7)oc7ccccc78)cc6c6cc(-c7ccc8c(c7)oc7ccccc78)ccc65)cc4)c4nsnc34)cc2)cc1. The van der Waals surface area contributed by atoms with Gasteiger partial charge in [0.2, 0.25) is 0 Å². The van der Waals surface area contributed by atoms with Gasteiger partial charge in [0.1, 0.15) is 33.4 Å². The molecule has 4 aromatic heterocycles. The maximum Gasteiger partial charge on any atom is 0.136 e. The summed E-state index contributed by atoms with van der Waals surface area (Å²) in [6, 6.07) is 95.2. The molecule has 4 heterocycles. The third kappa shape index (κ3) is 7.54. The van der Waals surface area contributed by atoms with Gasteiger partial charge in [0.25, 0.3) is 0 Å². The molecule has 0 aliphatic rings. The van der Waals surface area contributed by atoms with Gasteiger partial charge < -0.3 is 18.3 Å². The van der Waals surface area contributed by atoms with Crippen LogP contribution >= 0.6 is 11.7 Å². The first-order valence-electron chi connectivity index (χ1n) is 26.5. The summed E-state index contributed by atoms with van der Waals surface area (Å²) in [6.45, 7) is 0. The highest BCUT2D eigenvalue weighted by Gasteiger charge is 2.22. The highest BCUT2D eigenvalue weighted by atomic mass is 32.1. The summed E-state index contributed by atoms with van der Waals surface area (Å²) in [7, 11) is 0. The number of hydrogen-bond donors (Lipinski definition) is 0. The molecule has 0 unspecified atom stereocenters. The highest BCUT2D eigenvalue weighted by Crippen LogP contribution is 2.44. The number of para-hydroxylation sites is 2. The first kappa shape index (κ1) is 44.9. The zero-order valence-electron chi connectivity index (χ0n) is 42.4. The minimum Gasteiger partial charge on any atom is -0.456 e. The molecule has 6 nitrogen and oxygen atoms in total. The molecule has 16 rings (SSSR count). The Morgan fingerprint density at radius 2 is 0.722 bits per heavy atom. The van der Waals surface area contributed by atoms with Gasteiger partial charge in [-0.1, -0.05) is 158 Å². The number of furan rings is 2. The molecule has 0 saturated carbocycles. The largest absolute Gasteiger partial charge is 0.456 e. The van der Waals surface area contributed by atoms with Crippen LogP contribution in [0.4, 0.5) is 17.1 Å². The van der Waals surface area contributed by atoms with Crippen molar-refractivity contribution in [2.75, 3.05) is 4.90 Å². The predicted molar refractivity (Wildman–Crippen MR) is 328 cm³/mol. The Balaban J connectivity index is 0.796. The van der Waals surface area contributed by atoms with E-state index in [0.29, 0.717) is 0 Å². The van der Waals surface area contributed by atoms with Crippen molar-refractivity contribution in [1.82, 2.24) is 13.3 Å². The molecule has 79 heavy (non-hydrogen) atoms. The topological polar surface area (TPSA) is 60.2 Å². The van der Waals surface area contributed by atoms with Crippen LogP contribution in [0.2, 0.25) is 0 Å². The predicted octanol–water partition coefficient (Wildman–Crippen LogP) is 20.4. The van der Waals surface area contributed by atoms with E-state index in [1.165, 1.54) is 22.9 Å². The summed E-state index contributed by atoms with van der Waals surface area (Å²) in [6.07, 6.45) is 0. The first-order valence-corrected chi connectivity index (χ1v) is 27.3. The smallest absolute Gasteiger partial charge is 0.136 e. The van der Waals surface area contributed by atoms with Crippen LogP contribution in [-0.2, 0) is 0 Å². The standard InChI is InChI=1S/C72H44N4O2S/c1-3-11-45(12-4-1)47-19-29-54(30-20-47)75(55-31-21-48(22-32-55)46-13-5-2-6-14-46)66-40-37-57(71-72(66)74-79-73-71)49-23-33-56(34-24-49)76-64-38-27-50(52-25-35-60-58-15-7-9-17-67(58)77-69(60)43-52)41-62(64)63-42-51(28-39-65(63)76)53-26-36-61-59-16-8-10-18-68(59)78-70(61)44-53/h1-44H. The van der Waals surface area contributed by atoms with Gasteiger partial charge in [0, 0.05) is 54.9 Å². The van der Waals surface area contributed by atoms with E-state index in [1.807, 2.05) is 24.3 Å². The molecule has 0 amide bonds. The zero-order valence-corrected chi connectivity index (χ0v) is 43.2. The van der Waals surface area contributed by atoms with E-state index in [-0.39, 0.29) is 0 Å². The second-order valence-electron chi connectivity index (χ2n) is 20.2. The molecule has 0 aliphatic carbocycles. The summed E-state index contributed by atoms with van der Waals surface area (Å²) < 4.78 is 25.1. The molecular weight excluding hydrogens is 985 g/mol. The Labute approximate surface area is 458 Å². The number of benzene rings is 12. The minimum absolute atomic E-state index is 0.846. The lowest BCUT2D eigenvalue weighted by atomic mass is 9.99. The fraction of sp³-hybridized carbons (Fsp3) is 0. The van der Waals surface area contributed by atoms with Crippen molar-refractivity contribution < 1.29 is 8.83 Å². The molecule has 7 heteroatoms. The fourth-order valence-corrected chi connectivity index (χ4v) is 12.4. The number of anilines is 3. The van der Waals surface area contributed by atoms with Crippen LogP contribution in [0.25, 0.3) is 138 Å². The van der Waals surface area contributed by atoms with Gasteiger partial charge >= 0.3 is 0 Å². The minimum atomic E-state index is 0.846. The second-order valence-corrected chi connectivity index (χ2v) is 20.7. The van der Waals surface area contributed by atoms with Crippen molar-refractivity contribution in [3.63, 3.8) is 0 Å². The molecule has 0 radical (unpaired) electrons. The summed E-state index contributed by atoms with van der Waals surface area (Å²) in [5.41, 5.74) is 22.8. The quantitative estimate of drug-likeness (QED) is 0.144. The van der Waals surface area contributed by atoms with Crippen LogP contribution in [0, 0.1) is 0 Å². The number of nitrogens with zero attached hydrogens (tertiary/aromatic N) is 4. The average molecular weight is 1030 g/mol. The van der Waals surface area contributed by atoms with E-state index in [4.69, 9.17) is 17.6 Å². The number of rotatable bonds is 9. The lowest BCUT2D eigenvalue weighted by molar-refractivity contribution is 0.668. The van der Waals surface area contributed by atoms with E-state index in [0.717, 1.165) is 144 Å². The number of fused-ring (bicyclic) bond motifs is 10. The molecule has 0 atom stereocenters. The van der Waals surface area contributed by atoms with E-state index in [1.54, 1.807) is 0 Å². The van der Waals surface area contributed by atoms with Crippen LogP contribution in [0.15, 0.2) is 276 Å². The Bertz CT molecular complexity index is 4740. The normalized spacial score (nSPS) is 11.8. The van der Waals surface area contributed by atoms with E-state index in [2.05, 4.69) is 252 Å². The third-order valence-electron chi connectivity index (χ3n) is 15.7. The molecule has 0 spiro atoms. The Hall–Kier alpha value is -10.3. The van der Waals surface area contributed by atoms with Gasteiger partial charge in [-0.3, -0.25) is 0 Å². The van der Waals surface area contributed by atoms with Crippen molar-refractivity contribution in [1.29, 1.82) is 0 Å². The summed E-state index contributed by atoms with van der Waals surface area (Å²) in [5, 5.41) is 6.80. The van der Waals surface area contributed by atoms with Crippen LogP contribution < -0.4 is 4.90 Å². The van der Waals surface area contributed by atoms with Gasteiger partial charge in [-0.2, -0.15) is 8.75 Å². The maximum atomic E-state index is 6.37. The van der Waals surface area contributed by atoms with Crippen molar-refractivity contribution >= 4 is 106 Å². The van der Waals surface area contributed by atoms with E-state index >= 15 is 0 Å². The van der Waals surface area contributed by atoms with Crippen molar-refractivity contribution in [2.24, 2.45) is 0 Å². The summed E-state index contributed by atoms with van der Waals surface area (Å²) in [4.78, 5) is 2.30. The molecule has 370 valence electrons. The molecule has 12 aromatic carbocycles. The van der Waals surface area contributed by atoms with E-state index in [9.17, 15) is 0 Å². The first-order chi connectivity index (χ1) is 39.1. The third-order valence-corrected chi connectivity index (χ3v) is 16.3. The number of hydrogen-bond acceptors (Lipinski definition) is 6. The van der Waals surface area contributed by atoms with Crippen LogP contribution in [0.1, 0.15) is 0 Å². The Morgan fingerprint density at radius 1 is 0.304 bits per heavy atom. The molecule has 16 aromatic rings. The van der Waals surface area contributed by atoms with Gasteiger partial charge in [0.05, 0.1) is 28.4 Å². The van der Waals surface area contributed by atoms with Crippen LogP contribution in [0.5, 0.6) is 0 Å². The summed E-state index contributed by atoms with van der Waals surface area (Å²) in [5.74, 6) is 0. The average Bonchev–Trinajstić information content (AvgIpc) is 4.32. The van der Waals surface area contributed by atoms with Gasteiger partial charge in [-0.25, -0.2) is 0 Å². The van der Waals surface area contributed by atoms with Crippen molar-refractivity contribution in [3.05, 3.63) is 267 Å². The molecule has 0 saturated heterocycles. The van der Waals surface area contributed by atoms with Gasteiger partial charge in [-0.05, 0) is 159 Å². The van der Waals surface area contributed by atoms with E-state index < -0.39 is 0 Å². The summed E-state index contributed by atoms with van der Waals surface area (Å²) >= 11 is 1.25. The highest BCUT2D eigenvalue weighted by molar-refractivity contribution is 7.00. The second kappa shape index (κ2) is 18.2. The maximum absolute atomic E-state index is 6.37. The molecule has 0 fully saturated rings.